The summed E-state index contributed by atoms with van der Waals surface area (Å²) in [5, 5.41) is 0.800. The van der Waals surface area contributed by atoms with Gasteiger partial charge in [0.15, 0.2) is 5.75 Å². The molecule has 0 aliphatic rings. The Balaban J connectivity index is 2.32. The minimum Gasteiger partial charge on any atom is -0.489 e. The summed E-state index contributed by atoms with van der Waals surface area (Å²) in [5.41, 5.74) is 6.49. The van der Waals surface area contributed by atoms with Crippen molar-refractivity contribution < 1.29 is 9.13 Å². The number of halogens is 2. The van der Waals surface area contributed by atoms with Gasteiger partial charge in [0.1, 0.15) is 12.4 Å². The van der Waals surface area contributed by atoms with Crippen LogP contribution in [0.1, 0.15) is 0 Å². The maximum absolute atomic E-state index is 13.5. The van der Waals surface area contributed by atoms with Gasteiger partial charge in [-0.1, -0.05) is 28.1 Å². The fourth-order valence-corrected chi connectivity index (χ4v) is 2.83. The van der Waals surface area contributed by atoms with Crippen LogP contribution in [0.5, 0.6) is 5.75 Å². The van der Waals surface area contributed by atoms with Gasteiger partial charge in [-0.25, -0.2) is 4.39 Å². The van der Waals surface area contributed by atoms with Gasteiger partial charge >= 0.3 is 0 Å². The first-order chi connectivity index (χ1) is 11.1. The Hall–Kier alpha value is -2.18. The van der Waals surface area contributed by atoms with Crippen LogP contribution < -0.4 is 16.0 Å². The van der Waals surface area contributed by atoms with Crippen molar-refractivity contribution in [3.05, 3.63) is 63.1 Å². The fraction of sp³-hybridized carbons (Fsp3) is 0.118. The molecule has 1 heterocycles. The number of ether oxygens (including phenoxy) is 1. The van der Waals surface area contributed by atoms with Crippen LogP contribution in [0.25, 0.3) is 22.0 Å². The number of nitrogens with one attached hydrogen (secondary N) is 1. The molecule has 6 heteroatoms. The molecule has 0 saturated carbocycles. The Kier molecular flexibility index (Phi) is 4.45. The number of aromatic amines is 1. The lowest BCUT2D eigenvalue weighted by molar-refractivity contribution is 0.332. The summed E-state index contributed by atoms with van der Waals surface area (Å²) in [6.07, 6.45) is 0. The van der Waals surface area contributed by atoms with E-state index in [0.717, 1.165) is 10.0 Å². The topological polar surface area (TPSA) is 68.1 Å². The molecule has 0 bridgehead atoms. The third-order valence-electron chi connectivity index (χ3n) is 3.41. The molecule has 0 fully saturated rings. The van der Waals surface area contributed by atoms with Crippen molar-refractivity contribution in [1.29, 1.82) is 0 Å². The van der Waals surface area contributed by atoms with Crippen LogP contribution in [-0.4, -0.2) is 18.1 Å². The average molecular weight is 377 g/mol. The molecule has 4 nitrogen and oxygen atoms in total. The van der Waals surface area contributed by atoms with Crippen LogP contribution in [0, 0.1) is 5.82 Å². The van der Waals surface area contributed by atoms with Gasteiger partial charge in [0.05, 0.1) is 11.1 Å². The number of hydrogen-bond acceptors (Lipinski definition) is 3. The minimum atomic E-state index is -0.469. The third-order valence-corrected chi connectivity index (χ3v) is 3.91. The van der Waals surface area contributed by atoms with Crippen LogP contribution in [0.2, 0.25) is 0 Å². The van der Waals surface area contributed by atoms with Crippen LogP contribution in [0.4, 0.5) is 4.39 Å². The smallest absolute Gasteiger partial charge is 0.256 e. The quantitative estimate of drug-likeness (QED) is 0.732. The second-order valence-corrected chi connectivity index (χ2v) is 5.91. The normalized spacial score (nSPS) is 10.9. The molecule has 3 rings (SSSR count). The zero-order chi connectivity index (χ0) is 16.4. The molecule has 0 radical (unpaired) electrons. The first-order valence-corrected chi connectivity index (χ1v) is 7.84. The Labute approximate surface area is 140 Å². The number of pyridine rings is 1. The standard InChI is InChI=1S/C17H14BrFN2O2/c18-11-3-1-2-10(8-11)15-16(23-7-6-20)13-5-4-12(19)9-14(13)17(22)21-15/h1-5,8-9H,6-7,20H2,(H,21,22). The number of rotatable bonds is 4. The molecule has 0 amide bonds. The Bertz CT molecular complexity index is 924. The monoisotopic (exact) mass is 376 g/mol. The summed E-state index contributed by atoms with van der Waals surface area (Å²) >= 11 is 3.41. The van der Waals surface area contributed by atoms with Gasteiger partial charge in [0.25, 0.3) is 5.56 Å². The van der Waals surface area contributed by atoms with Gasteiger partial charge in [-0.15, -0.1) is 0 Å². The minimum absolute atomic E-state index is 0.246. The number of H-pyrrole nitrogens is 1. The van der Waals surface area contributed by atoms with Gasteiger partial charge in [0, 0.05) is 22.0 Å². The van der Waals surface area contributed by atoms with E-state index in [9.17, 15) is 9.18 Å². The zero-order valence-electron chi connectivity index (χ0n) is 12.1. The maximum Gasteiger partial charge on any atom is 0.256 e. The van der Waals surface area contributed by atoms with Gasteiger partial charge in [-0.05, 0) is 30.3 Å². The van der Waals surface area contributed by atoms with E-state index < -0.39 is 5.82 Å². The third kappa shape index (κ3) is 3.13. The highest BCUT2D eigenvalue weighted by molar-refractivity contribution is 9.10. The molecule has 118 valence electrons. The lowest BCUT2D eigenvalue weighted by atomic mass is 10.1. The fourth-order valence-electron chi connectivity index (χ4n) is 2.43. The highest BCUT2D eigenvalue weighted by Crippen LogP contribution is 2.34. The van der Waals surface area contributed by atoms with Crippen molar-refractivity contribution in [3.8, 4) is 17.0 Å². The van der Waals surface area contributed by atoms with Gasteiger partial charge < -0.3 is 15.5 Å². The zero-order valence-corrected chi connectivity index (χ0v) is 13.7. The molecule has 1 aromatic heterocycles. The number of fused-ring (bicyclic) bond motifs is 1. The number of nitrogens with two attached hydrogens (primary N) is 1. The van der Waals surface area contributed by atoms with E-state index in [1.807, 2.05) is 24.3 Å². The van der Waals surface area contributed by atoms with Crippen molar-refractivity contribution in [2.45, 2.75) is 0 Å². The second-order valence-electron chi connectivity index (χ2n) is 5.00. The van der Waals surface area contributed by atoms with E-state index in [2.05, 4.69) is 20.9 Å². The van der Waals surface area contributed by atoms with Gasteiger partial charge in [0.2, 0.25) is 0 Å². The van der Waals surface area contributed by atoms with Gasteiger partial charge in [-0.2, -0.15) is 0 Å². The Morgan fingerprint density at radius 3 is 2.74 bits per heavy atom. The molecule has 0 saturated heterocycles. The molecular weight excluding hydrogens is 363 g/mol. The largest absolute Gasteiger partial charge is 0.489 e. The van der Waals surface area contributed by atoms with E-state index in [1.54, 1.807) is 6.07 Å². The predicted molar refractivity (Wildman–Crippen MR) is 92.2 cm³/mol. The molecule has 23 heavy (non-hydrogen) atoms. The molecule has 2 aromatic carbocycles. The lowest BCUT2D eigenvalue weighted by Gasteiger charge is -2.14. The summed E-state index contributed by atoms with van der Waals surface area (Å²) in [6, 6.07) is 11.5. The lowest BCUT2D eigenvalue weighted by Crippen LogP contribution is -2.15. The molecule has 0 aliphatic heterocycles. The van der Waals surface area contributed by atoms with Gasteiger partial charge in [-0.3, -0.25) is 4.79 Å². The number of benzene rings is 2. The molecule has 0 spiro atoms. The second kappa shape index (κ2) is 6.52. The first kappa shape index (κ1) is 15.7. The maximum atomic E-state index is 13.5. The molecule has 3 aromatic rings. The van der Waals surface area contributed by atoms with Crippen molar-refractivity contribution in [2.24, 2.45) is 5.73 Å². The van der Waals surface area contributed by atoms with Crippen LogP contribution >= 0.6 is 15.9 Å². The van der Waals surface area contributed by atoms with E-state index in [4.69, 9.17) is 10.5 Å². The van der Waals surface area contributed by atoms with E-state index in [0.29, 0.717) is 30.0 Å². The summed E-state index contributed by atoms with van der Waals surface area (Å²) in [5.74, 6) is 0.0196. The highest BCUT2D eigenvalue weighted by atomic mass is 79.9. The number of hydrogen-bond donors (Lipinski definition) is 2. The molecule has 3 N–H and O–H groups in total. The summed E-state index contributed by atoms with van der Waals surface area (Å²) in [7, 11) is 0. The van der Waals surface area contributed by atoms with Crippen molar-refractivity contribution in [2.75, 3.05) is 13.2 Å². The Morgan fingerprint density at radius 1 is 1.17 bits per heavy atom. The number of aromatic nitrogens is 1. The predicted octanol–water partition coefficient (Wildman–Crippen LogP) is 3.43. The Morgan fingerprint density at radius 2 is 2.00 bits per heavy atom. The van der Waals surface area contributed by atoms with E-state index >= 15 is 0 Å². The average Bonchev–Trinajstić information content (AvgIpc) is 2.54. The van der Waals surface area contributed by atoms with Crippen molar-refractivity contribution in [3.63, 3.8) is 0 Å². The van der Waals surface area contributed by atoms with Crippen molar-refractivity contribution >= 4 is 26.7 Å². The summed E-state index contributed by atoms with van der Waals surface area (Å²) < 4.78 is 20.1. The van der Waals surface area contributed by atoms with E-state index in [-0.39, 0.29) is 10.9 Å². The summed E-state index contributed by atoms with van der Waals surface area (Å²) in [6.45, 7) is 0.624. The highest BCUT2D eigenvalue weighted by Gasteiger charge is 2.15. The van der Waals surface area contributed by atoms with Crippen molar-refractivity contribution in [1.82, 2.24) is 4.98 Å². The van der Waals surface area contributed by atoms with Crippen LogP contribution in [0.3, 0.4) is 0 Å². The van der Waals surface area contributed by atoms with E-state index in [1.165, 1.54) is 12.1 Å². The molecule has 0 atom stereocenters. The molecule has 0 aliphatic carbocycles. The molecular formula is C17H14BrFN2O2. The SMILES string of the molecule is NCCOc1c(-c2cccc(Br)c2)[nH]c(=O)c2cc(F)ccc12. The van der Waals surface area contributed by atoms with Crippen LogP contribution in [0.15, 0.2) is 51.7 Å². The van der Waals surface area contributed by atoms with Crippen LogP contribution in [-0.2, 0) is 0 Å². The first-order valence-electron chi connectivity index (χ1n) is 7.04. The summed E-state index contributed by atoms with van der Waals surface area (Å²) in [4.78, 5) is 15.1. The molecule has 0 unspecified atom stereocenters.